The summed E-state index contributed by atoms with van der Waals surface area (Å²) in [7, 11) is 4.93. The number of methoxy groups -OCH3 is 3. The molecule has 40 heavy (non-hydrogen) atoms. The maximum atomic E-state index is 5.91. The van der Waals surface area contributed by atoms with E-state index in [4.69, 9.17) is 28.9 Å². The van der Waals surface area contributed by atoms with Crippen LogP contribution in [0.2, 0.25) is 0 Å². The van der Waals surface area contributed by atoms with Gasteiger partial charge in [-0.15, -0.1) is 0 Å². The van der Waals surface area contributed by atoms with Crippen molar-refractivity contribution in [3.8, 4) is 11.5 Å². The zero-order chi connectivity index (χ0) is 28.5. The van der Waals surface area contributed by atoms with Crippen LogP contribution in [0.1, 0.15) is 40.3 Å². The molecule has 6 nitrogen and oxygen atoms in total. The number of aryl methyl sites for hydroxylation is 2. The molecule has 0 aliphatic heterocycles. The highest BCUT2D eigenvalue weighted by molar-refractivity contribution is 5.97. The van der Waals surface area contributed by atoms with Crippen molar-refractivity contribution in [3.05, 3.63) is 118 Å². The normalized spacial score (nSPS) is 11.8. The van der Waals surface area contributed by atoms with Crippen molar-refractivity contribution >= 4 is 23.2 Å². The first-order chi connectivity index (χ1) is 19.4. The van der Waals surface area contributed by atoms with Crippen LogP contribution < -0.4 is 9.47 Å². The number of hydrogen-bond donors (Lipinski definition) is 0. The number of benzene rings is 4. The Hall–Kier alpha value is -4.58. The van der Waals surface area contributed by atoms with Crippen LogP contribution in [-0.2, 0) is 15.9 Å². The SMILES string of the molecule is CCO/C(=N\c1cc(OC)ccc1C)c1ccc(Cc2ccc(/C(=N/c3cc(C)ccc3OC)OC)cc2)cc1. The van der Waals surface area contributed by atoms with Gasteiger partial charge in [0.25, 0.3) is 0 Å². The van der Waals surface area contributed by atoms with Gasteiger partial charge in [-0.05, 0) is 91.9 Å². The van der Waals surface area contributed by atoms with Crippen LogP contribution in [0.15, 0.2) is 94.9 Å². The van der Waals surface area contributed by atoms with Crippen molar-refractivity contribution in [1.29, 1.82) is 0 Å². The molecule has 0 bridgehead atoms. The van der Waals surface area contributed by atoms with Gasteiger partial charge in [0.15, 0.2) is 0 Å². The molecule has 0 unspecified atom stereocenters. The van der Waals surface area contributed by atoms with Crippen molar-refractivity contribution in [2.75, 3.05) is 27.9 Å². The third kappa shape index (κ3) is 7.08. The van der Waals surface area contributed by atoms with Gasteiger partial charge in [-0.2, -0.15) is 0 Å². The van der Waals surface area contributed by atoms with Gasteiger partial charge in [0.05, 0.1) is 33.6 Å². The molecule has 0 aliphatic rings. The zero-order valence-electron chi connectivity index (χ0n) is 24.0. The summed E-state index contributed by atoms with van der Waals surface area (Å²) in [5.41, 5.74) is 7.92. The predicted molar refractivity (Wildman–Crippen MR) is 162 cm³/mol. The van der Waals surface area contributed by atoms with Crippen LogP contribution in [-0.4, -0.2) is 39.7 Å². The van der Waals surface area contributed by atoms with Gasteiger partial charge in [0.1, 0.15) is 17.2 Å². The Balaban J connectivity index is 1.51. The molecule has 0 N–H and O–H groups in total. The van der Waals surface area contributed by atoms with Gasteiger partial charge in [-0.3, -0.25) is 0 Å². The third-order valence-corrected chi connectivity index (χ3v) is 6.48. The molecule has 0 aromatic heterocycles. The van der Waals surface area contributed by atoms with Crippen LogP contribution in [0.3, 0.4) is 0 Å². The molecule has 0 saturated carbocycles. The summed E-state index contributed by atoms with van der Waals surface area (Å²) in [6, 6.07) is 28.3. The number of rotatable bonds is 9. The molecule has 0 radical (unpaired) electrons. The van der Waals surface area contributed by atoms with E-state index in [0.29, 0.717) is 24.2 Å². The lowest BCUT2D eigenvalue weighted by Gasteiger charge is -2.11. The minimum absolute atomic E-state index is 0.527. The second-order valence-electron chi connectivity index (χ2n) is 9.37. The van der Waals surface area contributed by atoms with Gasteiger partial charge in [-0.1, -0.05) is 36.4 Å². The van der Waals surface area contributed by atoms with Crippen molar-refractivity contribution in [1.82, 2.24) is 0 Å². The first-order valence-corrected chi connectivity index (χ1v) is 13.3. The Bertz CT molecular complexity index is 1490. The van der Waals surface area contributed by atoms with E-state index >= 15 is 0 Å². The number of aliphatic imine (C=N–C) groups is 2. The monoisotopic (exact) mass is 536 g/mol. The first-order valence-electron chi connectivity index (χ1n) is 13.3. The van der Waals surface area contributed by atoms with Crippen molar-refractivity contribution in [2.24, 2.45) is 9.98 Å². The minimum atomic E-state index is 0.527. The Labute approximate surface area is 236 Å². The molecular formula is C34H36N2O4. The average molecular weight is 537 g/mol. The molecular weight excluding hydrogens is 500 g/mol. The summed E-state index contributed by atoms with van der Waals surface area (Å²) >= 11 is 0. The van der Waals surface area contributed by atoms with Crippen molar-refractivity contribution in [3.63, 3.8) is 0 Å². The molecule has 206 valence electrons. The van der Waals surface area contributed by atoms with Crippen molar-refractivity contribution in [2.45, 2.75) is 27.2 Å². The minimum Gasteiger partial charge on any atom is -0.497 e. The van der Waals surface area contributed by atoms with E-state index < -0.39 is 0 Å². The van der Waals surface area contributed by atoms with Crippen LogP contribution >= 0.6 is 0 Å². The topological polar surface area (TPSA) is 61.6 Å². The van der Waals surface area contributed by atoms with Crippen LogP contribution in [0.4, 0.5) is 11.4 Å². The summed E-state index contributed by atoms with van der Waals surface area (Å²) in [5, 5.41) is 0. The van der Waals surface area contributed by atoms with Crippen LogP contribution in [0.5, 0.6) is 11.5 Å². The highest BCUT2D eigenvalue weighted by Gasteiger charge is 2.10. The molecule has 0 spiro atoms. The molecule has 0 saturated heterocycles. The van der Waals surface area contributed by atoms with E-state index in [-0.39, 0.29) is 0 Å². The van der Waals surface area contributed by atoms with E-state index in [1.54, 1.807) is 21.3 Å². The number of ether oxygens (including phenoxy) is 4. The van der Waals surface area contributed by atoms with Gasteiger partial charge in [0, 0.05) is 17.2 Å². The highest BCUT2D eigenvalue weighted by Crippen LogP contribution is 2.29. The lowest BCUT2D eigenvalue weighted by atomic mass is 10.0. The number of nitrogens with zero attached hydrogens (tertiary/aromatic N) is 2. The first kappa shape index (κ1) is 28.4. The fourth-order valence-electron chi connectivity index (χ4n) is 4.25. The molecule has 4 aromatic carbocycles. The maximum Gasteiger partial charge on any atom is 0.221 e. The lowest BCUT2D eigenvalue weighted by molar-refractivity contribution is 0.329. The van der Waals surface area contributed by atoms with E-state index in [0.717, 1.165) is 45.8 Å². The van der Waals surface area contributed by atoms with Gasteiger partial charge < -0.3 is 18.9 Å². The molecule has 4 aromatic rings. The summed E-state index contributed by atoms with van der Waals surface area (Å²) < 4.78 is 22.4. The Morgan fingerprint density at radius 3 is 1.85 bits per heavy atom. The quantitative estimate of drug-likeness (QED) is 0.162. The van der Waals surface area contributed by atoms with Gasteiger partial charge in [-0.25, -0.2) is 9.98 Å². The van der Waals surface area contributed by atoms with Gasteiger partial charge in [0.2, 0.25) is 11.8 Å². The maximum absolute atomic E-state index is 5.91. The fraction of sp³-hybridized carbons (Fsp3) is 0.235. The summed E-state index contributed by atoms with van der Waals surface area (Å²) in [6.45, 7) is 6.54. The smallest absolute Gasteiger partial charge is 0.221 e. The summed E-state index contributed by atoms with van der Waals surface area (Å²) in [5.74, 6) is 2.59. The second-order valence-corrected chi connectivity index (χ2v) is 9.37. The summed E-state index contributed by atoms with van der Waals surface area (Å²) in [4.78, 5) is 9.52. The molecule has 0 heterocycles. The summed E-state index contributed by atoms with van der Waals surface area (Å²) in [6.07, 6.45) is 0.793. The van der Waals surface area contributed by atoms with Gasteiger partial charge >= 0.3 is 0 Å². The molecule has 0 atom stereocenters. The van der Waals surface area contributed by atoms with Crippen molar-refractivity contribution < 1.29 is 18.9 Å². The highest BCUT2D eigenvalue weighted by atomic mass is 16.5. The molecule has 6 heteroatoms. The van der Waals surface area contributed by atoms with Crippen LogP contribution in [0, 0.1) is 13.8 Å². The molecule has 0 amide bonds. The van der Waals surface area contributed by atoms with E-state index in [2.05, 4.69) is 36.4 Å². The Morgan fingerprint density at radius 1 is 0.650 bits per heavy atom. The average Bonchev–Trinajstić information content (AvgIpc) is 2.97. The van der Waals surface area contributed by atoms with Crippen LogP contribution in [0.25, 0.3) is 0 Å². The van der Waals surface area contributed by atoms with E-state index in [1.165, 1.54) is 11.1 Å². The third-order valence-electron chi connectivity index (χ3n) is 6.48. The number of hydrogen-bond acceptors (Lipinski definition) is 6. The fourth-order valence-corrected chi connectivity index (χ4v) is 4.25. The molecule has 0 aliphatic carbocycles. The largest absolute Gasteiger partial charge is 0.497 e. The Morgan fingerprint density at radius 2 is 1.27 bits per heavy atom. The lowest BCUT2D eigenvalue weighted by Crippen LogP contribution is -2.07. The standard InChI is InChI=1S/C34H36N2O4/c1-7-40-34(35-30-22-29(37-4)18-9-24(30)3)28-16-12-26(13-17-28)21-25-10-14-27(15-11-25)33(39-6)36-31-20-23(2)8-19-32(31)38-5/h8-20,22H,7,21H2,1-6H3/b35-34-,36-33-. The second kappa shape index (κ2) is 13.5. The Kier molecular flexibility index (Phi) is 9.57. The molecule has 0 fully saturated rings. The molecule has 4 rings (SSSR count). The zero-order valence-corrected chi connectivity index (χ0v) is 24.0. The van der Waals surface area contributed by atoms with E-state index in [1.807, 2.05) is 69.3 Å². The predicted octanol–water partition coefficient (Wildman–Crippen LogP) is 7.75. The van der Waals surface area contributed by atoms with E-state index in [9.17, 15) is 0 Å².